The first kappa shape index (κ1) is 24.6. The number of carbonyl (C=O) groups is 1. The first-order valence-electron chi connectivity index (χ1n) is 10.5. The van der Waals surface area contributed by atoms with E-state index in [4.69, 9.17) is 4.74 Å². The molecular weight excluding hydrogens is 450 g/mol. The normalized spacial score (nSPS) is 15.6. The van der Waals surface area contributed by atoms with Crippen LogP contribution in [-0.4, -0.2) is 82.5 Å². The molecule has 1 aromatic carbocycles. The molecule has 1 aromatic heterocycles. The van der Waals surface area contributed by atoms with Crippen molar-refractivity contribution in [2.75, 3.05) is 58.7 Å². The van der Waals surface area contributed by atoms with Crippen molar-refractivity contribution in [1.82, 2.24) is 19.5 Å². The van der Waals surface area contributed by atoms with E-state index >= 15 is 0 Å². The maximum Gasteiger partial charge on any atom is 0.244 e. The lowest BCUT2D eigenvalue weighted by Crippen LogP contribution is -2.45. The Labute approximate surface area is 193 Å². The molecule has 1 amide bonds. The molecule has 1 saturated heterocycles. The minimum Gasteiger partial charge on any atom is -0.495 e. The van der Waals surface area contributed by atoms with E-state index in [9.17, 15) is 13.2 Å². The van der Waals surface area contributed by atoms with Gasteiger partial charge in [0.15, 0.2) is 5.13 Å². The van der Waals surface area contributed by atoms with Gasteiger partial charge in [0.2, 0.25) is 15.9 Å². The van der Waals surface area contributed by atoms with Crippen LogP contribution in [-0.2, 0) is 14.8 Å². The smallest absolute Gasteiger partial charge is 0.244 e. The van der Waals surface area contributed by atoms with Gasteiger partial charge in [-0.3, -0.25) is 4.79 Å². The molecule has 11 heteroatoms. The number of nitrogens with zero attached hydrogens (tertiary/aromatic N) is 3. The van der Waals surface area contributed by atoms with Crippen LogP contribution >= 0.6 is 11.3 Å². The molecule has 32 heavy (non-hydrogen) atoms. The fraction of sp³-hybridized carbons (Fsp3) is 0.524. The Hall–Kier alpha value is -2.05. The number of aryl methyl sites for hydroxylation is 1. The topological polar surface area (TPSA) is 104 Å². The van der Waals surface area contributed by atoms with Crippen molar-refractivity contribution in [1.29, 1.82) is 0 Å². The van der Waals surface area contributed by atoms with Crippen LogP contribution in [0.1, 0.15) is 19.0 Å². The number of piperazine rings is 1. The molecule has 1 fully saturated rings. The molecule has 2 aromatic rings. The van der Waals surface area contributed by atoms with Gasteiger partial charge in [0.1, 0.15) is 10.6 Å². The summed E-state index contributed by atoms with van der Waals surface area (Å²) in [6.45, 7) is 8.55. The van der Waals surface area contributed by atoms with Crippen LogP contribution < -0.4 is 14.8 Å². The van der Waals surface area contributed by atoms with E-state index < -0.39 is 10.0 Å². The number of aromatic nitrogens is 1. The lowest BCUT2D eigenvalue weighted by molar-refractivity contribution is -0.114. The highest BCUT2D eigenvalue weighted by atomic mass is 32.2. The molecule has 0 saturated carbocycles. The van der Waals surface area contributed by atoms with Gasteiger partial charge in [-0.2, -0.15) is 0 Å². The zero-order valence-corrected chi connectivity index (χ0v) is 20.6. The maximum atomic E-state index is 13.0. The summed E-state index contributed by atoms with van der Waals surface area (Å²) < 4.78 is 34.1. The zero-order chi connectivity index (χ0) is 23.3. The summed E-state index contributed by atoms with van der Waals surface area (Å²) in [4.78, 5) is 21.2. The lowest BCUT2D eigenvalue weighted by Gasteiger charge is -2.32. The number of anilines is 1. The number of likely N-dealkylation sites (N-methyl/N-ethyl adjacent to an activating group) is 1. The van der Waals surface area contributed by atoms with Crippen molar-refractivity contribution in [3.8, 4) is 16.2 Å². The second-order valence-corrected chi connectivity index (χ2v) is 10.6. The van der Waals surface area contributed by atoms with Crippen molar-refractivity contribution in [2.45, 2.75) is 25.2 Å². The zero-order valence-electron chi connectivity index (χ0n) is 19.0. The molecule has 0 atom stereocenters. The molecule has 0 aliphatic carbocycles. The van der Waals surface area contributed by atoms with E-state index in [1.807, 2.05) is 6.92 Å². The van der Waals surface area contributed by atoms with Crippen LogP contribution in [0.25, 0.3) is 10.4 Å². The Morgan fingerprint density at radius 2 is 1.97 bits per heavy atom. The Kier molecular flexibility index (Phi) is 8.23. The van der Waals surface area contributed by atoms with Gasteiger partial charge in [-0.1, -0.05) is 11.3 Å². The largest absolute Gasteiger partial charge is 0.495 e. The first-order chi connectivity index (χ1) is 15.2. The summed E-state index contributed by atoms with van der Waals surface area (Å²) in [5.74, 6) is 0.0774. The van der Waals surface area contributed by atoms with Crippen molar-refractivity contribution >= 4 is 32.4 Å². The number of sulfonamides is 1. The number of carbonyl (C=O) groups excluding carboxylic acids is 1. The Bertz CT molecular complexity index is 1050. The summed E-state index contributed by atoms with van der Waals surface area (Å²) in [6, 6.07) is 5.04. The van der Waals surface area contributed by atoms with Gasteiger partial charge in [0.25, 0.3) is 0 Å². The Balaban J connectivity index is 1.71. The quantitative estimate of drug-likeness (QED) is 0.528. The molecule has 1 aliphatic rings. The summed E-state index contributed by atoms with van der Waals surface area (Å²) in [7, 11) is -0.193. The van der Waals surface area contributed by atoms with Gasteiger partial charge in [-0.15, -0.1) is 0 Å². The third-order valence-electron chi connectivity index (χ3n) is 5.33. The van der Waals surface area contributed by atoms with Gasteiger partial charge in [0.05, 0.1) is 17.7 Å². The van der Waals surface area contributed by atoms with Crippen molar-refractivity contribution in [2.24, 2.45) is 0 Å². The highest BCUT2D eigenvalue weighted by molar-refractivity contribution is 7.89. The molecular formula is C21H31N5O4S2. The van der Waals surface area contributed by atoms with Crippen LogP contribution in [0.3, 0.4) is 0 Å². The molecule has 176 valence electrons. The average Bonchev–Trinajstić information content (AvgIpc) is 3.11. The van der Waals surface area contributed by atoms with Crippen molar-refractivity contribution in [3.05, 3.63) is 23.9 Å². The van der Waals surface area contributed by atoms with Crippen LogP contribution in [0, 0.1) is 6.92 Å². The number of rotatable bonds is 9. The van der Waals surface area contributed by atoms with Gasteiger partial charge < -0.3 is 19.9 Å². The number of nitrogens with one attached hydrogen (secondary N) is 2. The molecule has 1 aliphatic heterocycles. The monoisotopic (exact) mass is 481 g/mol. The second kappa shape index (κ2) is 10.7. The fourth-order valence-corrected chi connectivity index (χ4v) is 5.83. The number of thiazole rings is 1. The molecule has 0 bridgehead atoms. The number of ether oxygens (including phenoxy) is 1. The number of amides is 1. The maximum absolute atomic E-state index is 13.0. The van der Waals surface area contributed by atoms with Gasteiger partial charge >= 0.3 is 0 Å². The third kappa shape index (κ3) is 6.26. The first-order valence-corrected chi connectivity index (χ1v) is 12.8. The minimum absolute atomic E-state index is 0.0889. The molecule has 9 nitrogen and oxygen atoms in total. The van der Waals surface area contributed by atoms with Crippen molar-refractivity contribution < 1.29 is 17.9 Å². The standard InChI is InChI=1S/C21H31N5O4S2/c1-15-20(31-21(23-15)24-16(2)27)17-6-7-18(30-4)19(14-17)32(28,29)22-8-5-9-26-12-10-25(3)11-13-26/h6-7,14,22H,5,8-13H2,1-4H3,(H,23,24,27). The Morgan fingerprint density at radius 3 is 2.62 bits per heavy atom. The van der Waals surface area contributed by atoms with E-state index in [1.165, 1.54) is 25.4 Å². The lowest BCUT2D eigenvalue weighted by atomic mass is 10.1. The fourth-order valence-electron chi connectivity index (χ4n) is 3.55. The number of benzene rings is 1. The van der Waals surface area contributed by atoms with Gasteiger partial charge in [-0.25, -0.2) is 18.1 Å². The van der Waals surface area contributed by atoms with Crippen LogP contribution in [0.2, 0.25) is 0 Å². The van der Waals surface area contributed by atoms with E-state index in [-0.39, 0.29) is 16.6 Å². The van der Waals surface area contributed by atoms with Gasteiger partial charge in [-0.05, 0) is 50.7 Å². The van der Waals surface area contributed by atoms with E-state index in [2.05, 4.69) is 31.9 Å². The molecule has 0 radical (unpaired) electrons. The minimum atomic E-state index is -3.76. The van der Waals surface area contributed by atoms with Gasteiger partial charge in [0, 0.05) is 39.6 Å². The van der Waals surface area contributed by atoms with Crippen LogP contribution in [0.5, 0.6) is 5.75 Å². The summed E-state index contributed by atoms with van der Waals surface area (Å²) in [5.41, 5.74) is 1.42. The van der Waals surface area contributed by atoms with E-state index in [0.717, 1.165) is 44.0 Å². The van der Waals surface area contributed by atoms with Crippen LogP contribution in [0.15, 0.2) is 23.1 Å². The number of hydrogen-bond donors (Lipinski definition) is 2. The summed E-state index contributed by atoms with van der Waals surface area (Å²) >= 11 is 1.30. The number of methoxy groups -OCH3 is 1. The molecule has 2 heterocycles. The summed E-state index contributed by atoms with van der Waals surface area (Å²) in [5, 5.41) is 3.15. The highest BCUT2D eigenvalue weighted by Crippen LogP contribution is 2.36. The Morgan fingerprint density at radius 1 is 1.25 bits per heavy atom. The summed E-state index contributed by atoms with van der Waals surface area (Å²) in [6.07, 6.45) is 0.735. The SMILES string of the molecule is COc1ccc(-c2sc(NC(C)=O)nc2C)cc1S(=O)(=O)NCCCN1CCN(C)CC1. The molecule has 0 unspecified atom stereocenters. The predicted octanol–water partition coefficient (Wildman–Crippen LogP) is 2.00. The highest BCUT2D eigenvalue weighted by Gasteiger charge is 2.22. The van der Waals surface area contributed by atoms with Crippen molar-refractivity contribution in [3.63, 3.8) is 0 Å². The predicted molar refractivity (Wildman–Crippen MR) is 127 cm³/mol. The molecule has 0 spiro atoms. The third-order valence-corrected chi connectivity index (χ3v) is 7.94. The average molecular weight is 482 g/mol. The number of hydrogen-bond acceptors (Lipinski definition) is 8. The second-order valence-electron chi connectivity index (χ2n) is 7.88. The molecule has 3 rings (SSSR count). The van der Waals surface area contributed by atoms with Crippen LogP contribution in [0.4, 0.5) is 5.13 Å². The van der Waals surface area contributed by atoms with E-state index in [1.54, 1.807) is 18.2 Å². The van der Waals surface area contributed by atoms with E-state index in [0.29, 0.717) is 22.9 Å². The molecule has 2 N–H and O–H groups in total.